The van der Waals surface area contributed by atoms with E-state index in [0.717, 1.165) is 25.3 Å². The van der Waals surface area contributed by atoms with Gasteiger partial charge in [-0.3, -0.25) is 4.79 Å². The third kappa shape index (κ3) is 3.88. The Morgan fingerprint density at radius 1 is 1.50 bits per heavy atom. The van der Waals surface area contributed by atoms with Crippen LogP contribution in [0.4, 0.5) is 0 Å². The molecule has 1 aliphatic rings. The summed E-state index contributed by atoms with van der Waals surface area (Å²) in [6.45, 7) is 4.49. The lowest BCUT2D eigenvalue weighted by atomic mass is 10.1. The molecule has 1 aliphatic heterocycles. The quantitative estimate of drug-likeness (QED) is 0.763. The molecule has 4 heteroatoms. The Labute approximate surface area is 90.4 Å². The summed E-state index contributed by atoms with van der Waals surface area (Å²) in [6.07, 6.45) is 1.74. The summed E-state index contributed by atoms with van der Waals surface area (Å²) in [5, 5.41) is 0. The highest BCUT2D eigenvalue weighted by Gasteiger charge is 2.17. The van der Waals surface area contributed by atoms with Gasteiger partial charge in [-0.1, -0.05) is 6.92 Å². The van der Waals surface area contributed by atoms with Gasteiger partial charge in [0.15, 0.2) is 0 Å². The van der Waals surface area contributed by atoms with Crippen molar-refractivity contribution in [2.45, 2.75) is 19.8 Å². The Kier molecular flexibility index (Phi) is 5.33. The number of amides is 1. The van der Waals surface area contributed by atoms with E-state index < -0.39 is 0 Å². The van der Waals surface area contributed by atoms with Crippen LogP contribution >= 0.6 is 11.8 Å². The number of rotatable bonds is 3. The molecular weight excluding hydrogens is 196 g/mol. The Balaban J connectivity index is 2.34. The Hall–Kier alpha value is -0.220. The molecule has 1 atom stereocenters. The maximum absolute atomic E-state index is 11.8. The van der Waals surface area contributed by atoms with Crippen LogP contribution in [0.3, 0.4) is 0 Å². The van der Waals surface area contributed by atoms with Crippen molar-refractivity contribution in [3.8, 4) is 0 Å². The van der Waals surface area contributed by atoms with Gasteiger partial charge in [0.05, 0.1) is 0 Å². The third-order valence-corrected chi connectivity index (χ3v) is 3.55. The van der Waals surface area contributed by atoms with Gasteiger partial charge < -0.3 is 10.6 Å². The van der Waals surface area contributed by atoms with Gasteiger partial charge in [0.25, 0.3) is 0 Å². The van der Waals surface area contributed by atoms with Gasteiger partial charge in [0, 0.05) is 25.3 Å². The minimum Gasteiger partial charge on any atom is -0.342 e. The molecule has 1 fully saturated rings. The van der Waals surface area contributed by atoms with Crippen LogP contribution in [0.25, 0.3) is 0 Å². The second-order valence-corrected chi connectivity index (χ2v) is 5.12. The van der Waals surface area contributed by atoms with Gasteiger partial charge in [0.1, 0.15) is 0 Å². The summed E-state index contributed by atoms with van der Waals surface area (Å²) in [6, 6.07) is 0. The van der Waals surface area contributed by atoms with Crippen LogP contribution in [0.5, 0.6) is 0 Å². The lowest BCUT2D eigenvalue weighted by Crippen LogP contribution is -2.34. The van der Waals surface area contributed by atoms with Crippen LogP contribution in [-0.4, -0.2) is 41.9 Å². The number of hydrogen-bond acceptors (Lipinski definition) is 3. The van der Waals surface area contributed by atoms with Crippen molar-refractivity contribution < 1.29 is 4.79 Å². The van der Waals surface area contributed by atoms with E-state index in [-0.39, 0.29) is 5.91 Å². The van der Waals surface area contributed by atoms with Crippen molar-refractivity contribution >= 4 is 17.7 Å². The molecule has 3 nitrogen and oxygen atoms in total. The van der Waals surface area contributed by atoms with E-state index in [9.17, 15) is 4.79 Å². The summed E-state index contributed by atoms with van der Waals surface area (Å²) in [5.41, 5.74) is 5.51. The average molecular weight is 216 g/mol. The first-order valence-electron chi connectivity index (χ1n) is 5.29. The smallest absolute Gasteiger partial charge is 0.222 e. The van der Waals surface area contributed by atoms with Crippen LogP contribution < -0.4 is 5.73 Å². The molecule has 0 saturated carbocycles. The van der Waals surface area contributed by atoms with Gasteiger partial charge in [-0.25, -0.2) is 0 Å². The molecule has 1 rings (SSSR count). The molecule has 0 spiro atoms. The molecule has 14 heavy (non-hydrogen) atoms. The molecule has 0 aromatic carbocycles. The van der Waals surface area contributed by atoms with Crippen LogP contribution in [0.2, 0.25) is 0 Å². The van der Waals surface area contributed by atoms with Crippen molar-refractivity contribution in [1.82, 2.24) is 4.90 Å². The van der Waals surface area contributed by atoms with Crippen molar-refractivity contribution in [1.29, 1.82) is 0 Å². The summed E-state index contributed by atoms with van der Waals surface area (Å²) in [7, 11) is 0. The molecule has 1 saturated heterocycles. The largest absolute Gasteiger partial charge is 0.342 e. The maximum atomic E-state index is 11.8. The molecule has 1 unspecified atom stereocenters. The van der Waals surface area contributed by atoms with Crippen LogP contribution in [-0.2, 0) is 4.79 Å². The van der Waals surface area contributed by atoms with Crippen molar-refractivity contribution in [2.24, 2.45) is 11.7 Å². The fraction of sp³-hybridized carbons (Fsp3) is 0.900. The van der Waals surface area contributed by atoms with E-state index >= 15 is 0 Å². The summed E-state index contributed by atoms with van der Waals surface area (Å²) in [4.78, 5) is 13.8. The first-order valence-corrected chi connectivity index (χ1v) is 6.45. The molecule has 0 bridgehead atoms. The number of carbonyl (C=O) groups excluding carboxylic acids is 1. The normalized spacial score (nSPS) is 20.3. The second kappa shape index (κ2) is 6.30. The SMILES string of the molecule is CC(CN)CC(=O)N1CCCSCC1. The van der Waals surface area contributed by atoms with Gasteiger partial charge in [-0.05, 0) is 24.6 Å². The highest BCUT2D eigenvalue weighted by molar-refractivity contribution is 7.99. The Morgan fingerprint density at radius 3 is 3.00 bits per heavy atom. The van der Waals surface area contributed by atoms with Crippen LogP contribution in [0, 0.1) is 5.92 Å². The van der Waals surface area contributed by atoms with E-state index in [0.29, 0.717) is 18.9 Å². The van der Waals surface area contributed by atoms with E-state index in [1.165, 1.54) is 5.75 Å². The Morgan fingerprint density at radius 2 is 2.29 bits per heavy atom. The molecule has 0 aliphatic carbocycles. The van der Waals surface area contributed by atoms with E-state index in [1.54, 1.807) is 0 Å². The zero-order chi connectivity index (χ0) is 10.4. The van der Waals surface area contributed by atoms with Gasteiger partial charge in [-0.2, -0.15) is 11.8 Å². The maximum Gasteiger partial charge on any atom is 0.222 e. The molecule has 82 valence electrons. The highest BCUT2D eigenvalue weighted by atomic mass is 32.2. The first kappa shape index (κ1) is 11.9. The summed E-state index contributed by atoms with van der Waals surface area (Å²) in [5.74, 6) is 2.88. The number of carbonyl (C=O) groups is 1. The highest BCUT2D eigenvalue weighted by Crippen LogP contribution is 2.12. The zero-order valence-electron chi connectivity index (χ0n) is 8.87. The Bertz CT molecular complexity index is 179. The molecule has 1 amide bonds. The number of thioether (sulfide) groups is 1. The predicted molar refractivity (Wildman–Crippen MR) is 61.4 cm³/mol. The van der Waals surface area contributed by atoms with Crippen LogP contribution in [0.1, 0.15) is 19.8 Å². The van der Waals surface area contributed by atoms with E-state index in [4.69, 9.17) is 5.73 Å². The summed E-state index contributed by atoms with van der Waals surface area (Å²) < 4.78 is 0. The fourth-order valence-corrected chi connectivity index (χ4v) is 2.39. The van der Waals surface area contributed by atoms with Crippen molar-refractivity contribution in [3.05, 3.63) is 0 Å². The average Bonchev–Trinajstić information content (AvgIpc) is 2.45. The first-order chi connectivity index (χ1) is 6.74. The molecule has 0 aromatic rings. The minimum absolute atomic E-state index is 0.283. The molecule has 0 radical (unpaired) electrons. The van der Waals surface area contributed by atoms with Crippen LogP contribution in [0.15, 0.2) is 0 Å². The number of nitrogens with zero attached hydrogens (tertiary/aromatic N) is 1. The van der Waals surface area contributed by atoms with E-state index in [2.05, 4.69) is 0 Å². The third-order valence-electron chi connectivity index (χ3n) is 2.50. The monoisotopic (exact) mass is 216 g/mol. The standard InChI is InChI=1S/C10H20N2OS/c1-9(8-11)7-10(13)12-3-2-5-14-6-4-12/h9H,2-8,11H2,1H3. The van der Waals surface area contributed by atoms with Crippen molar-refractivity contribution in [2.75, 3.05) is 31.1 Å². The molecule has 0 aromatic heterocycles. The summed E-state index contributed by atoms with van der Waals surface area (Å²) >= 11 is 1.94. The van der Waals surface area contributed by atoms with Gasteiger partial charge in [-0.15, -0.1) is 0 Å². The molecule has 2 N–H and O–H groups in total. The zero-order valence-corrected chi connectivity index (χ0v) is 9.68. The topological polar surface area (TPSA) is 46.3 Å². The van der Waals surface area contributed by atoms with Gasteiger partial charge in [0.2, 0.25) is 5.91 Å². The van der Waals surface area contributed by atoms with E-state index in [1.807, 2.05) is 23.6 Å². The van der Waals surface area contributed by atoms with Gasteiger partial charge >= 0.3 is 0 Å². The molecule has 1 heterocycles. The van der Waals surface area contributed by atoms with Crippen molar-refractivity contribution in [3.63, 3.8) is 0 Å². The molecular formula is C10H20N2OS. The second-order valence-electron chi connectivity index (χ2n) is 3.89. The predicted octanol–water partition coefficient (Wildman–Crippen LogP) is 0.937. The number of hydrogen-bond donors (Lipinski definition) is 1. The minimum atomic E-state index is 0.283. The fourth-order valence-electron chi connectivity index (χ4n) is 1.51. The number of nitrogens with two attached hydrogens (primary N) is 1. The lowest BCUT2D eigenvalue weighted by Gasteiger charge is -2.21. The lowest BCUT2D eigenvalue weighted by molar-refractivity contribution is -0.131.